The fraction of sp³-hybridized carbons (Fsp3) is 0.318. The van der Waals surface area contributed by atoms with E-state index >= 15 is 0 Å². The zero-order valence-corrected chi connectivity index (χ0v) is 20.7. The number of amides is 1. The molecule has 1 aliphatic heterocycles. The summed E-state index contributed by atoms with van der Waals surface area (Å²) in [7, 11) is 0. The second kappa shape index (κ2) is 12.0. The summed E-state index contributed by atoms with van der Waals surface area (Å²) >= 11 is 2.70. The average molecular weight is 454 g/mol. The monoisotopic (exact) mass is 453 g/mol. The van der Waals surface area contributed by atoms with Gasteiger partial charge in [0.25, 0.3) is 0 Å². The van der Waals surface area contributed by atoms with Gasteiger partial charge in [-0.2, -0.15) is 0 Å². The molecule has 0 aliphatic carbocycles. The summed E-state index contributed by atoms with van der Waals surface area (Å²) in [5, 5.41) is 9.55. The molecule has 1 fully saturated rings. The van der Waals surface area contributed by atoms with Gasteiger partial charge in [0.2, 0.25) is 11.0 Å². The van der Waals surface area contributed by atoms with Gasteiger partial charge in [0.05, 0.1) is 0 Å². The molecule has 8 heteroatoms. The quantitative estimate of drug-likeness (QED) is 0.635. The topological polar surface area (TPSA) is 74.7 Å². The Morgan fingerprint density at radius 3 is 2.30 bits per heavy atom. The van der Waals surface area contributed by atoms with Crippen molar-refractivity contribution in [3.63, 3.8) is 0 Å². The van der Waals surface area contributed by atoms with Crippen molar-refractivity contribution >= 4 is 40.5 Å². The molecule has 1 heterocycles. The molecule has 1 amide bonds. The number of carboxylic acid groups (broad SMARTS) is 1. The third kappa shape index (κ3) is 6.62. The Hall–Kier alpha value is -1.25. The molecule has 30 heavy (non-hydrogen) atoms. The van der Waals surface area contributed by atoms with Crippen LogP contribution in [0.15, 0.2) is 65.6 Å². The molecule has 3 atom stereocenters. The third-order valence-electron chi connectivity index (χ3n) is 4.77. The third-order valence-corrected chi connectivity index (χ3v) is 7.16. The van der Waals surface area contributed by atoms with Crippen molar-refractivity contribution in [2.45, 2.75) is 29.5 Å². The number of likely N-dealkylation sites (tertiary alicyclic amines) is 1. The molecule has 3 rings (SSSR count). The molecule has 5 nitrogen and oxygen atoms in total. The molecular weight excluding hydrogens is 429 g/mol. The van der Waals surface area contributed by atoms with Crippen LogP contribution in [-0.2, 0) is 9.59 Å². The van der Waals surface area contributed by atoms with Gasteiger partial charge in [0, 0.05) is 33.9 Å². The number of benzene rings is 2. The minimum Gasteiger partial charge on any atom is -1.00 e. The van der Waals surface area contributed by atoms with Crippen LogP contribution in [0.4, 0.5) is 0 Å². The molecule has 0 aromatic heterocycles. The van der Waals surface area contributed by atoms with Gasteiger partial charge >= 0.3 is 35.5 Å². The minimum absolute atomic E-state index is 0. The van der Waals surface area contributed by atoms with Crippen molar-refractivity contribution in [1.29, 1.82) is 0 Å². The molecule has 1 N–H and O–H groups in total. The van der Waals surface area contributed by atoms with E-state index in [1.807, 2.05) is 36.4 Å². The first-order chi connectivity index (χ1) is 14.0. The van der Waals surface area contributed by atoms with E-state index in [4.69, 9.17) is 0 Å². The van der Waals surface area contributed by atoms with Crippen LogP contribution < -0.4 is 29.6 Å². The second-order valence-corrected chi connectivity index (χ2v) is 9.37. The number of carbonyl (C=O) groups is 3. The number of carboxylic acids is 1. The van der Waals surface area contributed by atoms with Crippen molar-refractivity contribution in [2.24, 2.45) is 5.92 Å². The van der Waals surface area contributed by atoms with Crippen molar-refractivity contribution in [3.8, 4) is 0 Å². The van der Waals surface area contributed by atoms with Crippen molar-refractivity contribution in [1.82, 2.24) is 4.90 Å². The normalized spacial score (nSPS) is 19.0. The van der Waals surface area contributed by atoms with Crippen LogP contribution in [0.1, 0.15) is 25.1 Å². The number of rotatable bonds is 7. The van der Waals surface area contributed by atoms with Crippen molar-refractivity contribution in [3.05, 3.63) is 66.2 Å². The summed E-state index contributed by atoms with van der Waals surface area (Å²) in [4.78, 5) is 39.5. The van der Waals surface area contributed by atoms with E-state index in [2.05, 4.69) is 0 Å². The first-order valence-electron chi connectivity index (χ1n) is 9.43. The Morgan fingerprint density at radius 2 is 1.70 bits per heavy atom. The van der Waals surface area contributed by atoms with Gasteiger partial charge in [0.1, 0.15) is 6.04 Å². The maximum atomic E-state index is 12.9. The maximum Gasteiger partial charge on any atom is 1.00 e. The zero-order chi connectivity index (χ0) is 20.8. The van der Waals surface area contributed by atoms with Crippen molar-refractivity contribution < 1.29 is 50.5 Å². The van der Waals surface area contributed by atoms with E-state index in [1.165, 1.54) is 4.90 Å². The van der Waals surface area contributed by atoms with Crippen molar-refractivity contribution in [2.75, 3.05) is 12.3 Å². The molecule has 2 aromatic carbocycles. The van der Waals surface area contributed by atoms with Crippen LogP contribution in [-0.4, -0.2) is 50.6 Å². The molecule has 0 radical (unpaired) electrons. The maximum absolute atomic E-state index is 12.9. The predicted molar refractivity (Wildman–Crippen MR) is 117 cm³/mol. The van der Waals surface area contributed by atoms with Crippen LogP contribution in [0.5, 0.6) is 0 Å². The van der Waals surface area contributed by atoms with E-state index < -0.39 is 17.9 Å². The number of hydrogen-bond acceptors (Lipinski definition) is 5. The summed E-state index contributed by atoms with van der Waals surface area (Å²) in [5.41, 5.74) is 0.598. The van der Waals surface area contributed by atoms with Crippen LogP contribution in [0, 0.1) is 5.92 Å². The second-order valence-electron chi connectivity index (χ2n) is 7.00. The fourth-order valence-corrected chi connectivity index (χ4v) is 5.32. The molecular formula is C22H24NNaO4S2. The van der Waals surface area contributed by atoms with Gasteiger partial charge in [-0.05, 0) is 18.6 Å². The number of hydrogen-bond donors (Lipinski definition) is 1. The van der Waals surface area contributed by atoms with Gasteiger partial charge < -0.3 is 11.4 Å². The van der Waals surface area contributed by atoms with E-state index in [-0.39, 0.29) is 47.3 Å². The molecule has 0 unspecified atom stereocenters. The Labute approximate surface area is 208 Å². The average Bonchev–Trinajstić information content (AvgIpc) is 3.16. The molecule has 1 aliphatic rings. The number of carbonyl (C=O) groups excluding carboxylic acids is 2. The van der Waals surface area contributed by atoms with Crippen LogP contribution in [0.2, 0.25) is 0 Å². The summed E-state index contributed by atoms with van der Waals surface area (Å²) in [6.45, 7) is 2.15. The largest absolute Gasteiger partial charge is 1.00 e. The standard InChI is InChI=1S/C22H23NO4S2.Na.H/c1-15(14-28-22(27)16-8-4-2-5-9-16)20(24)23-13-18(12-19(23)21(25)26)29-17-10-6-3-7-11-17;;/h2-11,15,18-19H,12-14H2,1H3,(H,25,26);;/q;+1;-1/t15-,18+,19+;;/m1../s1. The Kier molecular flexibility index (Phi) is 9.97. The van der Waals surface area contributed by atoms with E-state index in [1.54, 1.807) is 43.0 Å². The molecule has 0 spiro atoms. The number of thioether (sulfide) groups is 2. The van der Waals surface area contributed by atoms with E-state index in [0.29, 0.717) is 24.3 Å². The minimum atomic E-state index is -0.977. The summed E-state index contributed by atoms with van der Waals surface area (Å²) in [6.07, 6.45) is 0.420. The van der Waals surface area contributed by atoms with Crippen LogP contribution >= 0.6 is 23.5 Å². The Morgan fingerprint density at radius 1 is 1.10 bits per heavy atom. The molecule has 0 bridgehead atoms. The SMILES string of the molecule is C[C@H](CSC(=O)c1ccccc1)C(=O)N1C[C@@H](Sc2ccccc2)C[C@H]1C(=O)O.[H-].[Na+]. The summed E-state index contributed by atoms with van der Waals surface area (Å²) in [5.74, 6) is -1.29. The summed E-state index contributed by atoms with van der Waals surface area (Å²) < 4.78 is 0. The smallest absolute Gasteiger partial charge is 1.00 e. The predicted octanol–water partition coefficient (Wildman–Crippen LogP) is 1.16. The fourth-order valence-electron chi connectivity index (χ4n) is 3.26. The molecule has 1 saturated heterocycles. The number of aliphatic carboxylic acids is 1. The van der Waals surface area contributed by atoms with Crippen LogP contribution in [0.25, 0.3) is 0 Å². The van der Waals surface area contributed by atoms with Gasteiger partial charge in [0.15, 0.2) is 0 Å². The first kappa shape index (κ1) is 25.0. The van der Waals surface area contributed by atoms with E-state index in [0.717, 1.165) is 16.7 Å². The van der Waals surface area contributed by atoms with Gasteiger partial charge in [-0.25, -0.2) is 4.79 Å². The summed E-state index contributed by atoms with van der Waals surface area (Å²) in [6, 6.07) is 17.9. The van der Waals surface area contributed by atoms with E-state index in [9.17, 15) is 19.5 Å². The van der Waals surface area contributed by atoms with Gasteiger partial charge in [-0.15, -0.1) is 11.8 Å². The van der Waals surface area contributed by atoms with Crippen LogP contribution in [0.3, 0.4) is 0 Å². The molecule has 154 valence electrons. The number of nitrogens with zero attached hydrogens (tertiary/aromatic N) is 1. The Bertz CT molecular complexity index is 872. The molecule has 2 aromatic rings. The first-order valence-corrected chi connectivity index (χ1v) is 11.3. The Balaban J connectivity index is 0.00000240. The zero-order valence-electron chi connectivity index (χ0n) is 18.1. The van der Waals surface area contributed by atoms with Gasteiger partial charge in [-0.3, -0.25) is 9.59 Å². The van der Waals surface area contributed by atoms with Gasteiger partial charge in [-0.1, -0.05) is 67.2 Å². The molecule has 0 saturated carbocycles.